The van der Waals surface area contributed by atoms with Crippen molar-refractivity contribution < 1.29 is 24.9 Å². The van der Waals surface area contributed by atoms with Crippen LogP contribution in [0.25, 0.3) is 11.1 Å². The fraction of sp³-hybridized carbons (Fsp3) is 0.300. The van der Waals surface area contributed by atoms with E-state index in [-0.39, 0.29) is 11.1 Å². The Morgan fingerprint density at radius 1 is 0.760 bits per heavy atom. The predicted molar refractivity (Wildman–Crippen MR) is 94.8 cm³/mol. The Labute approximate surface area is 146 Å². The lowest BCUT2D eigenvalue weighted by atomic mass is 9.82. The maximum absolute atomic E-state index is 12.9. The molecule has 5 heteroatoms. The highest BCUT2D eigenvalue weighted by molar-refractivity contribution is 6.18. The molecule has 0 fully saturated rings. The maximum atomic E-state index is 12.9. The Balaban J connectivity index is 2.88. The number of carbonyl (C=O) groups excluding carboxylic acids is 2. The summed E-state index contributed by atoms with van der Waals surface area (Å²) < 4.78 is 0. The summed E-state index contributed by atoms with van der Waals surface area (Å²) in [4.78, 5) is 25.5. The van der Waals surface area contributed by atoms with Gasteiger partial charge in [0.05, 0.1) is 5.56 Å². The van der Waals surface area contributed by atoms with Crippen molar-refractivity contribution in [2.75, 3.05) is 0 Å². The minimum Gasteiger partial charge on any atom is -0.507 e. The molecule has 2 rings (SSSR count). The van der Waals surface area contributed by atoms with Gasteiger partial charge in [-0.05, 0) is 51.0 Å². The zero-order chi connectivity index (χ0) is 19.0. The van der Waals surface area contributed by atoms with Gasteiger partial charge in [-0.25, -0.2) is 0 Å². The van der Waals surface area contributed by atoms with Crippen LogP contribution in [0.15, 0.2) is 42.5 Å². The first-order chi connectivity index (χ1) is 11.4. The number of phenolic OH excluding ortho intramolecular Hbond substituents is 1. The number of ketones is 2. The summed E-state index contributed by atoms with van der Waals surface area (Å²) in [7, 11) is 0. The summed E-state index contributed by atoms with van der Waals surface area (Å²) >= 11 is 0. The van der Waals surface area contributed by atoms with E-state index in [0.29, 0.717) is 11.1 Å². The lowest BCUT2D eigenvalue weighted by Gasteiger charge is -2.24. The van der Waals surface area contributed by atoms with E-state index in [4.69, 9.17) is 0 Å². The average Bonchev–Trinajstić information content (AvgIpc) is 2.52. The largest absolute Gasteiger partial charge is 0.507 e. The first-order valence-electron chi connectivity index (χ1n) is 7.90. The number of aliphatic hydroxyl groups is 2. The SMILES string of the molecule is CC(C)(O)C(=O)c1c(O)ccc(-c2ccccc2)c1C(=O)C(C)(C)O. The lowest BCUT2D eigenvalue weighted by molar-refractivity contribution is 0.0454. The highest BCUT2D eigenvalue weighted by atomic mass is 16.3. The van der Waals surface area contributed by atoms with Crippen LogP contribution in [-0.2, 0) is 0 Å². The molecule has 5 nitrogen and oxygen atoms in total. The zero-order valence-corrected chi connectivity index (χ0v) is 14.7. The van der Waals surface area contributed by atoms with Crippen molar-refractivity contribution in [3.8, 4) is 16.9 Å². The van der Waals surface area contributed by atoms with Gasteiger partial charge < -0.3 is 15.3 Å². The molecule has 0 amide bonds. The van der Waals surface area contributed by atoms with Crippen LogP contribution in [0, 0.1) is 0 Å². The minimum atomic E-state index is -1.79. The van der Waals surface area contributed by atoms with Gasteiger partial charge in [0, 0.05) is 5.56 Å². The highest BCUT2D eigenvalue weighted by Crippen LogP contribution is 2.36. The van der Waals surface area contributed by atoms with Crippen LogP contribution in [0.1, 0.15) is 48.4 Å². The molecule has 0 heterocycles. The first kappa shape index (κ1) is 18.8. The van der Waals surface area contributed by atoms with E-state index in [9.17, 15) is 24.9 Å². The van der Waals surface area contributed by atoms with Crippen molar-refractivity contribution in [3.63, 3.8) is 0 Å². The quantitative estimate of drug-likeness (QED) is 0.726. The van der Waals surface area contributed by atoms with E-state index in [2.05, 4.69) is 0 Å². The lowest BCUT2D eigenvalue weighted by Crippen LogP contribution is -2.36. The fourth-order valence-corrected chi connectivity index (χ4v) is 2.53. The molecular weight excluding hydrogens is 320 g/mol. The van der Waals surface area contributed by atoms with Crippen molar-refractivity contribution in [1.29, 1.82) is 0 Å². The molecule has 2 aromatic rings. The average molecular weight is 342 g/mol. The van der Waals surface area contributed by atoms with Crippen molar-refractivity contribution in [3.05, 3.63) is 53.6 Å². The molecule has 0 spiro atoms. The molecule has 0 bridgehead atoms. The van der Waals surface area contributed by atoms with Crippen LogP contribution in [0.4, 0.5) is 0 Å². The summed E-state index contributed by atoms with van der Waals surface area (Å²) in [5.41, 5.74) is -2.89. The summed E-state index contributed by atoms with van der Waals surface area (Å²) in [5, 5.41) is 30.6. The second-order valence-corrected chi connectivity index (χ2v) is 7.02. The molecule has 0 unspecified atom stereocenters. The Morgan fingerprint density at radius 2 is 1.24 bits per heavy atom. The zero-order valence-electron chi connectivity index (χ0n) is 14.7. The molecule has 0 radical (unpaired) electrons. The summed E-state index contributed by atoms with van der Waals surface area (Å²) in [6.45, 7) is 5.18. The Morgan fingerprint density at radius 3 is 1.72 bits per heavy atom. The molecule has 0 aliphatic rings. The van der Waals surface area contributed by atoms with Gasteiger partial charge in [0.15, 0.2) is 11.6 Å². The van der Waals surface area contributed by atoms with Crippen molar-refractivity contribution in [1.82, 2.24) is 0 Å². The van der Waals surface area contributed by atoms with Crippen LogP contribution < -0.4 is 0 Å². The topological polar surface area (TPSA) is 94.8 Å². The third-order valence-electron chi connectivity index (χ3n) is 3.83. The molecule has 3 N–H and O–H groups in total. The predicted octanol–water partition coefficient (Wildman–Crippen LogP) is 2.97. The van der Waals surface area contributed by atoms with Gasteiger partial charge in [0.1, 0.15) is 17.0 Å². The highest BCUT2D eigenvalue weighted by Gasteiger charge is 2.37. The number of hydrogen-bond donors (Lipinski definition) is 3. The number of aromatic hydroxyl groups is 1. The normalized spacial score (nSPS) is 12.1. The standard InChI is InChI=1S/C20H22O5/c1-19(2,24)17(22)15-13(12-8-6-5-7-9-12)10-11-14(21)16(15)18(23)20(3,4)25/h5-11,21,24-25H,1-4H3. The van der Waals surface area contributed by atoms with Crippen LogP contribution in [0.2, 0.25) is 0 Å². The van der Waals surface area contributed by atoms with Crippen LogP contribution in [0.5, 0.6) is 5.75 Å². The molecule has 25 heavy (non-hydrogen) atoms. The molecular formula is C20H22O5. The van der Waals surface area contributed by atoms with E-state index in [1.54, 1.807) is 24.3 Å². The molecule has 0 saturated carbocycles. The van der Waals surface area contributed by atoms with Gasteiger partial charge in [-0.3, -0.25) is 9.59 Å². The van der Waals surface area contributed by atoms with E-state index < -0.39 is 28.5 Å². The number of carbonyl (C=O) groups is 2. The molecule has 2 aromatic carbocycles. The number of rotatable bonds is 5. The molecule has 132 valence electrons. The molecule has 0 aliphatic carbocycles. The third-order valence-corrected chi connectivity index (χ3v) is 3.83. The summed E-state index contributed by atoms with van der Waals surface area (Å²) in [6, 6.07) is 11.7. The molecule has 0 aromatic heterocycles. The van der Waals surface area contributed by atoms with Gasteiger partial charge in [-0.1, -0.05) is 30.3 Å². The van der Waals surface area contributed by atoms with Crippen LogP contribution in [0.3, 0.4) is 0 Å². The third kappa shape index (κ3) is 3.78. The van der Waals surface area contributed by atoms with E-state index in [1.165, 1.54) is 39.8 Å². The molecule has 0 aliphatic heterocycles. The second kappa shape index (κ2) is 6.43. The summed E-state index contributed by atoms with van der Waals surface area (Å²) in [6.07, 6.45) is 0. The Kier molecular flexibility index (Phi) is 4.84. The number of phenols is 1. The minimum absolute atomic E-state index is 0.106. The fourth-order valence-electron chi connectivity index (χ4n) is 2.53. The van der Waals surface area contributed by atoms with Crippen LogP contribution >= 0.6 is 0 Å². The van der Waals surface area contributed by atoms with Crippen molar-refractivity contribution >= 4 is 11.6 Å². The molecule has 0 saturated heterocycles. The Bertz CT molecular complexity index is 808. The number of Topliss-reactive ketones (excluding diaryl/α,β-unsaturated/α-hetero) is 2. The van der Waals surface area contributed by atoms with E-state index >= 15 is 0 Å². The van der Waals surface area contributed by atoms with Gasteiger partial charge in [0.2, 0.25) is 0 Å². The van der Waals surface area contributed by atoms with Crippen molar-refractivity contribution in [2.45, 2.75) is 38.9 Å². The van der Waals surface area contributed by atoms with Gasteiger partial charge in [-0.15, -0.1) is 0 Å². The maximum Gasteiger partial charge on any atom is 0.198 e. The van der Waals surface area contributed by atoms with Gasteiger partial charge in [-0.2, -0.15) is 0 Å². The van der Waals surface area contributed by atoms with Gasteiger partial charge in [0.25, 0.3) is 0 Å². The summed E-state index contributed by atoms with van der Waals surface area (Å²) in [5.74, 6) is -1.93. The monoisotopic (exact) mass is 342 g/mol. The van der Waals surface area contributed by atoms with E-state index in [1.807, 2.05) is 6.07 Å². The van der Waals surface area contributed by atoms with E-state index in [0.717, 1.165) is 0 Å². The first-order valence-corrected chi connectivity index (χ1v) is 7.90. The molecule has 0 atom stereocenters. The second-order valence-electron chi connectivity index (χ2n) is 7.02. The smallest absolute Gasteiger partial charge is 0.198 e. The van der Waals surface area contributed by atoms with Crippen molar-refractivity contribution in [2.24, 2.45) is 0 Å². The van der Waals surface area contributed by atoms with Gasteiger partial charge >= 0.3 is 0 Å². The Hall–Kier alpha value is -2.50. The van der Waals surface area contributed by atoms with Crippen LogP contribution in [-0.4, -0.2) is 38.1 Å². The number of hydrogen-bond acceptors (Lipinski definition) is 5. The number of benzene rings is 2.